The van der Waals surface area contributed by atoms with Crippen LogP contribution in [0.15, 0.2) is 57.7 Å². The Kier molecular flexibility index (Phi) is 3.08. The van der Waals surface area contributed by atoms with Gasteiger partial charge in [0.1, 0.15) is 39.6 Å². The van der Waals surface area contributed by atoms with Crippen LogP contribution in [0.25, 0.3) is 33.1 Å². The lowest BCUT2D eigenvalue weighted by atomic mass is 10.0. The SMILES string of the molecule is O=c1c2cc(O)ccc2oc2cc(-c3ccc(O)cc3O)cc(O)c12. The van der Waals surface area contributed by atoms with E-state index in [9.17, 15) is 25.2 Å². The molecule has 0 aliphatic heterocycles. The van der Waals surface area contributed by atoms with Crippen molar-refractivity contribution < 1.29 is 24.8 Å². The number of hydrogen-bond acceptors (Lipinski definition) is 6. The van der Waals surface area contributed by atoms with Crippen LogP contribution in [0.1, 0.15) is 0 Å². The molecule has 1 aromatic heterocycles. The van der Waals surface area contributed by atoms with Gasteiger partial charge in [-0.15, -0.1) is 0 Å². The number of rotatable bonds is 1. The monoisotopic (exact) mass is 336 g/mol. The van der Waals surface area contributed by atoms with Crippen molar-refractivity contribution >= 4 is 21.9 Å². The predicted molar refractivity (Wildman–Crippen MR) is 92.1 cm³/mol. The highest BCUT2D eigenvalue weighted by molar-refractivity contribution is 5.96. The van der Waals surface area contributed by atoms with E-state index in [1.54, 1.807) is 0 Å². The van der Waals surface area contributed by atoms with Crippen LogP contribution in [0.5, 0.6) is 23.0 Å². The Morgan fingerprint density at radius 2 is 1.44 bits per heavy atom. The molecule has 0 aliphatic rings. The summed E-state index contributed by atoms with van der Waals surface area (Å²) >= 11 is 0. The Morgan fingerprint density at radius 1 is 0.720 bits per heavy atom. The molecule has 6 nitrogen and oxygen atoms in total. The summed E-state index contributed by atoms with van der Waals surface area (Å²) in [5.74, 6) is -0.654. The van der Waals surface area contributed by atoms with Gasteiger partial charge in [0.15, 0.2) is 0 Å². The molecule has 4 N–H and O–H groups in total. The molecule has 0 aliphatic carbocycles. The fraction of sp³-hybridized carbons (Fsp3) is 0. The fourth-order valence-electron chi connectivity index (χ4n) is 2.87. The number of benzene rings is 3. The van der Waals surface area contributed by atoms with Gasteiger partial charge < -0.3 is 24.8 Å². The zero-order valence-electron chi connectivity index (χ0n) is 12.7. The minimum absolute atomic E-state index is 0.0138. The first-order chi connectivity index (χ1) is 11.9. The second-order valence-corrected chi connectivity index (χ2v) is 5.68. The molecule has 0 radical (unpaired) electrons. The van der Waals surface area contributed by atoms with E-state index in [-0.39, 0.29) is 44.9 Å². The van der Waals surface area contributed by atoms with E-state index < -0.39 is 5.43 Å². The average molecular weight is 336 g/mol. The number of aromatic hydroxyl groups is 4. The van der Waals surface area contributed by atoms with Crippen LogP contribution in [0.2, 0.25) is 0 Å². The third-order valence-corrected chi connectivity index (χ3v) is 4.03. The van der Waals surface area contributed by atoms with Crippen molar-refractivity contribution in [1.29, 1.82) is 0 Å². The molecule has 25 heavy (non-hydrogen) atoms. The molecular weight excluding hydrogens is 324 g/mol. The quantitative estimate of drug-likeness (QED) is 0.396. The molecule has 0 unspecified atom stereocenters. The minimum atomic E-state index is -0.467. The summed E-state index contributed by atoms with van der Waals surface area (Å²) in [4.78, 5) is 12.6. The third-order valence-electron chi connectivity index (χ3n) is 4.03. The minimum Gasteiger partial charge on any atom is -0.508 e. The van der Waals surface area contributed by atoms with E-state index >= 15 is 0 Å². The van der Waals surface area contributed by atoms with Crippen molar-refractivity contribution in [3.63, 3.8) is 0 Å². The Hall–Kier alpha value is -3.67. The van der Waals surface area contributed by atoms with Crippen molar-refractivity contribution in [2.24, 2.45) is 0 Å². The van der Waals surface area contributed by atoms with Crippen molar-refractivity contribution in [1.82, 2.24) is 0 Å². The van der Waals surface area contributed by atoms with E-state index in [0.29, 0.717) is 11.1 Å². The largest absolute Gasteiger partial charge is 0.508 e. The molecule has 0 saturated heterocycles. The van der Waals surface area contributed by atoms with E-state index in [2.05, 4.69) is 0 Å². The highest BCUT2D eigenvalue weighted by Crippen LogP contribution is 2.37. The topological polar surface area (TPSA) is 111 Å². The van der Waals surface area contributed by atoms with E-state index in [1.165, 1.54) is 48.5 Å². The number of fused-ring (bicyclic) bond motifs is 2. The summed E-state index contributed by atoms with van der Waals surface area (Å²) in [6, 6.07) is 11.1. The van der Waals surface area contributed by atoms with E-state index in [4.69, 9.17) is 4.42 Å². The Labute approximate surface area is 140 Å². The summed E-state index contributed by atoms with van der Waals surface area (Å²) < 4.78 is 5.69. The molecule has 0 saturated carbocycles. The second-order valence-electron chi connectivity index (χ2n) is 5.68. The first kappa shape index (κ1) is 14.9. The molecule has 3 aromatic carbocycles. The Morgan fingerprint density at radius 3 is 2.20 bits per heavy atom. The van der Waals surface area contributed by atoms with Gasteiger partial charge in [0.25, 0.3) is 0 Å². The van der Waals surface area contributed by atoms with Crippen LogP contribution in [0, 0.1) is 0 Å². The van der Waals surface area contributed by atoms with Gasteiger partial charge in [0, 0.05) is 11.6 Å². The van der Waals surface area contributed by atoms with Gasteiger partial charge in [-0.2, -0.15) is 0 Å². The van der Waals surface area contributed by atoms with Gasteiger partial charge in [0.2, 0.25) is 5.43 Å². The zero-order valence-corrected chi connectivity index (χ0v) is 12.7. The lowest BCUT2D eigenvalue weighted by Gasteiger charge is -2.09. The molecule has 1 heterocycles. The molecule has 4 rings (SSSR count). The number of hydrogen-bond donors (Lipinski definition) is 4. The first-order valence-electron chi connectivity index (χ1n) is 7.39. The summed E-state index contributed by atoms with van der Waals surface area (Å²) in [5, 5.41) is 39.4. The van der Waals surface area contributed by atoms with Crippen molar-refractivity contribution in [2.45, 2.75) is 0 Å². The van der Waals surface area contributed by atoms with Crippen LogP contribution in [-0.2, 0) is 0 Å². The Bertz CT molecular complexity index is 1210. The molecule has 0 spiro atoms. The second kappa shape index (κ2) is 5.17. The maximum atomic E-state index is 12.6. The van der Waals surface area contributed by atoms with Crippen LogP contribution >= 0.6 is 0 Å². The van der Waals surface area contributed by atoms with Gasteiger partial charge in [-0.3, -0.25) is 4.79 Å². The van der Waals surface area contributed by atoms with Crippen LogP contribution in [0.4, 0.5) is 0 Å². The molecule has 6 heteroatoms. The van der Waals surface area contributed by atoms with Gasteiger partial charge >= 0.3 is 0 Å². The standard InChI is InChI=1S/C19H12O6/c20-10-2-4-16-13(7-10)19(24)18-15(23)5-9(6-17(18)25-16)12-3-1-11(21)8-14(12)22/h1-8,20-23H. The third kappa shape index (κ3) is 2.31. The maximum Gasteiger partial charge on any atom is 0.204 e. The van der Waals surface area contributed by atoms with Crippen molar-refractivity contribution in [2.75, 3.05) is 0 Å². The summed E-state index contributed by atoms with van der Waals surface area (Å²) in [6.45, 7) is 0. The maximum absolute atomic E-state index is 12.6. The Balaban J connectivity index is 2.06. The highest BCUT2D eigenvalue weighted by Gasteiger charge is 2.15. The van der Waals surface area contributed by atoms with E-state index in [0.717, 1.165) is 0 Å². The summed E-state index contributed by atoms with van der Waals surface area (Å²) in [5.41, 5.74) is 0.728. The normalized spacial score (nSPS) is 11.2. The van der Waals surface area contributed by atoms with Crippen LogP contribution in [-0.4, -0.2) is 20.4 Å². The molecule has 0 fully saturated rings. The molecule has 4 aromatic rings. The molecule has 0 atom stereocenters. The molecule has 124 valence electrons. The first-order valence-corrected chi connectivity index (χ1v) is 7.39. The van der Waals surface area contributed by atoms with Crippen molar-refractivity contribution in [3.05, 3.63) is 58.8 Å². The van der Waals surface area contributed by atoms with Crippen LogP contribution in [0.3, 0.4) is 0 Å². The zero-order chi connectivity index (χ0) is 17.7. The smallest absolute Gasteiger partial charge is 0.204 e. The summed E-state index contributed by atoms with van der Waals surface area (Å²) in [6.07, 6.45) is 0. The average Bonchev–Trinajstić information content (AvgIpc) is 2.55. The lowest BCUT2D eigenvalue weighted by Crippen LogP contribution is -2.02. The van der Waals surface area contributed by atoms with Gasteiger partial charge in [-0.1, -0.05) is 0 Å². The summed E-state index contributed by atoms with van der Waals surface area (Å²) in [7, 11) is 0. The molecular formula is C19H12O6. The highest BCUT2D eigenvalue weighted by atomic mass is 16.3. The van der Waals surface area contributed by atoms with E-state index in [1.807, 2.05) is 0 Å². The lowest BCUT2D eigenvalue weighted by molar-refractivity contribution is 0.452. The van der Waals surface area contributed by atoms with Gasteiger partial charge in [-0.25, -0.2) is 0 Å². The number of phenols is 4. The molecule has 0 amide bonds. The van der Waals surface area contributed by atoms with Gasteiger partial charge in [0.05, 0.1) is 5.39 Å². The van der Waals surface area contributed by atoms with Gasteiger partial charge in [-0.05, 0) is 48.0 Å². The predicted octanol–water partition coefficient (Wildman–Crippen LogP) is 3.44. The fourth-order valence-corrected chi connectivity index (χ4v) is 2.87. The van der Waals surface area contributed by atoms with Crippen LogP contribution < -0.4 is 5.43 Å². The molecule has 0 bridgehead atoms. The van der Waals surface area contributed by atoms with Crippen molar-refractivity contribution in [3.8, 4) is 34.1 Å². The number of phenolic OH excluding ortho intramolecular Hbond substituents is 4.